The summed E-state index contributed by atoms with van der Waals surface area (Å²) >= 11 is 0. The number of carbonyl (C=O) groups excluding carboxylic acids is 1. The summed E-state index contributed by atoms with van der Waals surface area (Å²) in [6.45, 7) is 1.52. The van der Waals surface area contributed by atoms with Crippen LogP contribution < -0.4 is 5.32 Å². The Morgan fingerprint density at radius 3 is 1.20 bits per heavy atom. The van der Waals surface area contributed by atoms with Crippen LogP contribution in [-0.4, -0.2) is 193 Å². The first kappa shape index (κ1) is 82.9. The highest BCUT2D eigenvalue weighted by atomic mass is 16.8. The van der Waals surface area contributed by atoms with Crippen molar-refractivity contribution in [2.45, 2.75) is 285 Å². The Morgan fingerprint density at radius 2 is 0.753 bits per heavy atom. The summed E-state index contributed by atoms with van der Waals surface area (Å²) in [6, 6.07) is -1.02. The first-order valence-corrected chi connectivity index (χ1v) is 34.6. The lowest BCUT2D eigenvalue weighted by Crippen LogP contribution is -2.66. The van der Waals surface area contributed by atoms with Crippen molar-refractivity contribution in [1.29, 1.82) is 0 Å². The van der Waals surface area contributed by atoms with Crippen LogP contribution in [0.5, 0.6) is 0 Å². The number of hydrogen-bond donors (Lipinski definition) is 12. The third-order valence-electron chi connectivity index (χ3n) is 16.1. The maximum Gasteiger partial charge on any atom is 0.220 e. The molecule has 0 aromatic rings. The number of amides is 1. The molecule has 19 heteroatoms. The molecule has 0 saturated carbocycles. The van der Waals surface area contributed by atoms with Crippen molar-refractivity contribution in [3.8, 4) is 0 Å². The molecule has 0 radical (unpaired) electrons. The zero-order valence-electron chi connectivity index (χ0n) is 55.7. The lowest BCUT2D eigenvalue weighted by molar-refractivity contribution is -0.379. The van der Waals surface area contributed by atoms with Crippen molar-refractivity contribution in [3.63, 3.8) is 0 Å². The van der Waals surface area contributed by atoms with Gasteiger partial charge in [0.05, 0.1) is 38.6 Å². The van der Waals surface area contributed by atoms with Crippen LogP contribution in [0.25, 0.3) is 0 Å². The Bertz CT molecular complexity index is 2250. The van der Waals surface area contributed by atoms with Crippen molar-refractivity contribution in [3.05, 3.63) is 146 Å². The van der Waals surface area contributed by atoms with E-state index in [1.54, 1.807) is 6.08 Å². The van der Waals surface area contributed by atoms with Crippen LogP contribution in [-0.2, 0) is 33.2 Å². The van der Waals surface area contributed by atoms with E-state index < -0.39 is 131 Å². The first-order chi connectivity index (χ1) is 45.3. The third kappa shape index (κ3) is 35.5. The molecule has 528 valence electrons. The number of carbonyl (C=O) groups is 1. The minimum Gasteiger partial charge on any atom is -0.394 e. The number of hydrogen-bond acceptors (Lipinski definition) is 18. The molecule has 3 aliphatic rings. The molecule has 17 unspecified atom stereocenters. The summed E-state index contributed by atoms with van der Waals surface area (Å²) in [7, 11) is 0. The van der Waals surface area contributed by atoms with Gasteiger partial charge in [0.25, 0.3) is 0 Å². The molecule has 0 aromatic carbocycles. The van der Waals surface area contributed by atoms with Crippen LogP contribution in [0.2, 0.25) is 0 Å². The van der Waals surface area contributed by atoms with Gasteiger partial charge in [-0.2, -0.15) is 0 Å². The van der Waals surface area contributed by atoms with Crippen molar-refractivity contribution >= 4 is 5.91 Å². The lowest BCUT2D eigenvalue weighted by Gasteiger charge is -2.48. The van der Waals surface area contributed by atoms with Gasteiger partial charge in [0.1, 0.15) is 73.2 Å². The summed E-state index contributed by atoms with van der Waals surface area (Å²) in [5.41, 5.74) is 0. The summed E-state index contributed by atoms with van der Waals surface area (Å²) in [5, 5.41) is 120. The Kier molecular flexibility index (Phi) is 47.9. The van der Waals surface area contributed by atoms with E-state index in [0.29, 0.717) is 12.8 Å². The quantitative estimate of drug-likeness (QED) is 0.0199. The Labute approximate surface area is 555 Å². The average Bonchev–Trinajstić information content (AvgIpc) is 0.902. The first-order valence-electron chi connectivity index (χ1n) is 34.6. The van der Waals surface area contributed by atoms with E-state index in [9.17, 15) is 61.0 Å². The monoisotopic (exact) mass is 1310 g/mol. The number of nitrogens with one attached hydrogen (secondary N) is 1. The highest BCUT2D eigenvalue weighted by molar-refractivity contribution is 5.76. The molecule has 19 nitrogen and oxygen atoms in total. The van der Waals surface area contributed by atoms with Crippen LogP contribution in [0.4, 0.5) is 0 Å². The topological polar surface area (TPSA) is 307 Å². The van der Waals surface area contributed by atoms with E-state index in [1.807, 2.05) is 6.08 Å². The fourth-order valence-electron chi connectivity index (χ4n) is 10.5. The van der Waals surface area contributed by atoms with Crippen LogP contribution in [0.15, 0.2) is 146 Å². The van der Waals surface area contributed by atoms with E-state index in [4.69, 9.17) is 28.4 Å². The zero-order chi connectivity index (χ0) is 67.5. The number of allylic oxidation sites excluding steroid dienone is 23. The van der Waals surface area contributed by atoms with Gasteiger partial charge in [-0.15, -0.1) is 0 Å². The molecule has 12 N–H and O–H groups in total. The number of unbranched alkanes of at least 4 members (excludes halogenated alkanes) is 12. The van der Waals surface area contributed by atoms with E-state index in [0.717, 1.165) is 116 Å². The van der Waals surface area contributed by atoms with E-state index >= 15 is 0 Å². The molecule has 0 bridgehead atoms. The molecule has 3 fully saturated rings. The van der Waals surface area contributed by atoms with Gasteiger partial charge >= 0.3 is 0 Å². The van der Waals surface area contributed by atoms with E-state index in [-0.39, 0.29) is 12.3 Å². The molecular formula is C74H119NO18. The second-order valence-corrected chi connectivity index (χ2v) is 23.9. The van der Waals surface area contributed by atoms with Gasteiger partial charge in [-0.25, -0.2) is 0 Å². The molecule has 1 amide bonds. The predicted octanol–water partition coefficient (Wildman–Crippen LogP) is 9.15. The smallest absolute Gasteiger partial charge is 0.220 e. The van der Waals surface area contributed by atoms with Gasteiger partial charge in [0.2, 0.25) is 5.91 Å². The molecular weight excluding hydrogens is 1190 g/mol. The average molecular weight is 1310 g/mol. The van der Waals surface area contributed by atoms with Crippen molar-refractivity contribution in [1.82, 2.24) is 5.32 Å². The van der Waals surface area contributed by atoms with Crippen molar-refractivity contribution in [2.75, 3.05) is 26.4 Å². The molecule has 0 aromatic heterocycles. The van der Waals surface area contributed by atoms with Gasteiger partial charge in [-0.3, -0.25) is 4.79 Å². The number of aliphatic hydroxyl groups excluding tert-OH is 11. The molecule has 0 aliphatic carbocycles. The van der Waals surface area contributed by atoms with Gasteiger partial charge in [0, 0.05) is 6.42 Å². The van der Waals surface area contributed by atoms with Crippen LogP contribution >= 0.6 is 0 Å². The highest BCUT2D eigenvalue weighted by Gasteiger charge is 2.53. The molecule has 3 heterocycles. The number of rotatable bonds is 50. The summed E-state index contributed by atoms with van der Waals surface area (Å²) in [6.07, 6.45) is 49.6. The SMILES string of the molecule is CC/C=C\C/C=C\C/C=C\C/C=C\C/C=C\C/C=C\C/C=C\C/C=C\C/C=C\CCCCCCCC(=O)NC(COC1OC(CO)C(OC2OC(CO)C(OC3OC(CO)C(O)C(O)C3O)C(O)C2O)C(O)C1O)C(O)/C=C/CC/C=C/CC/C=C/CCCCCCC. The second-order valence-electron chi connectivity index (χ2n) is 23.9. The molecule has 3 aliphatic heterocycles. The minimum atomic E-state index is -1.99. The Morgan fingerprint density at radius 1 is 0.398 bits per heavy atom. The number of aliphatic hydroxyl groups is 11. The summed E-state index contributed by atoms with van der Waals surface area (Å²) in [4.78, 5) is 13.4. The summed E-state index contributed by atoms with van der Waals surface area (Å²) in [5.74, 6) is -0.317. The van der Waals surface area contributed by atoms with Gasteiger partial charge < -0.3 is 89.9 Å². The Hall–Kier alpha value is -4.33. The van der Waals surface area contributed by atoms with E-state index in [1.165, 1.54) is 32.1 Å². The molecule has 3 rings (SSSR count). The van der Waals surface area contributed by atoms with Crippen molar-refractivity contribution < 1.29 is 89.4 Å². The standard InChI is InChI=1S/C74H119NO18/c1-3-5-7-9-11-13-15-17-19-20-21-22-23-24-25-26-27-28-29-30-31-32-33-34-35-36-38-40-42-44-46-48-50-52-62(80)75-57(58(79)51-49-47-45-43-41-39-37-18-16-14-12-10-8-6-4-2)56-88-72-68(86)65(83)70(60(54-77)90-72)93-74-69(87)66(84)71(61(55-78)91-74)92-73-67(85)64(82)63(81)59(53-76)89-73/h5,7,11,13,16-19,21-22,24-25,27-28,30-31,33-34,36,38,41,43,49,51,57-61,63-74,76-79,81-87H,3-4,6,8-10,12,14-15,20,23,26,29,32,35,37,39-40,42,44-48,50,52-56H2,1-2H3,(H,75,80)/b7-5-,13-11-,18-16+,19-17-,22-21-,25-24-,28-27-,31-30-,34-33-,38-36-,43-41+,51-49+. The fraction of sp³-hybridized carbons (Fsp3) is 0.662. The molecule has 3 saturated heterocycles. The van der Waals surface area contributed by atoms with Crippen molar-refractivity contribution in [2.24, 2.45) is 0 Å². The largest absolute Gasteiger partial charge is 0.394 e. The number of ether oxygens (including phenoxy) is 6. The summed E-state index contributed by atoms with van der Waals surface area (Å²) < 4.78 is 34.3. The Balaban J connectivity index is 1.42. The van der Waals surface area contributed by atoms with E-state index in [2.05, 4.69) is 153 Å². The minimum absolute atomic E-state index is 0.199. The molecule has 0 spiro atoms. The maximum absolute atomic E-state index is 13.4. The van der Waals surface area contributed by atoms with Gasteiger partial charge in [-0.1, -0.05) is 205 Å². The van der Waals surface area contributed by atoms with Crippen LogP contribution in [0.3, 0.4) is 0 Å². The van der Waals surface area contributed by atoms with Crippen LogP contribution in [0, 0.1) is 0 Å². The highest BCUT2D eigenvalue weighted by Crippen LogP contribution is 2.33. The second kappa shape index (κ2) is 53.8. The lowest BCUT2D eigenvalue weighted by atomic mass is 9.96. The van der Waals surface area contributed by atoms with Gasteiger partial charge in [0.15, 0.2) is 18.9 Å². The molecule has 17 atom stereocenters. The normalized spacial score (nSPS) is 28.5. The third-order valence-corrected chi connectivity index (χ3v) is 16.1. The fourth-order valence-corrected chi connectivity index (χ4v) is 10.5. The maximum atomic E-state index is 13.4. The van der Waals surface area contributed by atoms with Crippen LogP contribution in [0.1, 0.15) is 181 Å². The predicted molar refractivity (Wildman–Crippen MR) is 364 cm³/mol. The molecule has 93 heavy (non-hydrogen) atoms. The van der Waals surface area contributed by atoms with Gasteiger partial charge in [-0.05, 0) is 116 Å². The zero-order valence-corrected chi connectivity index (χ0v) is 55.7.